The molecule has 0 aliphatic heterocycles. The number of rotatable bonds is 1. The van der Waals surface area contributed by atoms with Crippen molar-refractivity contribution in [3.63, 3.8) is 0 Å². The second-order valence-corrected chi connectivity index (χ2v) is 7.19. The first-order chi connectivity index (χ1) is 10.9. The Balaban J connectivity index is 1.95. The number of thiophene rings is 2. The highest BCUT2D eigenvalue weighted by Crippen LogP contribution is 2.41. The Labute approximate surface area is 137 Å². The summed E-state index contributed by atoms with van der Waals surface area (Å²) in [4.78, 5) is 8.94. The number of alkyl halides is 3. The zero-order valence-electron chi connectivity index (χ0n) is 12.1. The first kappa shape index (κ1) is 14.6. The van der Waals surface area contributed by atoms with Gasteiger partial charge in [-0.1, -0.05) is 0 Å². The fourth-order valence-corrected chi connectivity index (χ4v) is 4.96. The molecular formula is C15H10F3N3S2. The number of imidazole rings is 1. The molecular weight excluding hydrogens is 343 g/mol. The third-order valence-corrected chi connectivity index (χ3v) is 6.20. The Bertz CT molecular complexity index is 1040. The van der Waals surface area contributed by atoms with Crippen molar-refractivity contribution < 1.29 is 13.2 Å². The van der Waals surface area contributed by atoms with E-state index in [1.165, 1.54) is 15.6 Å². The van der Waals surface area contributed by atoms with Gasteiger partial charge in [-0.15, -0.1) is 22.7 Å². The summed E-state index contributed by atoms with van der Waals surface area (Å²) >= 11 is 3.27. The van der Waals surface area contributed by atoms with Crippen molar-refractivity contribution in [3.8, 4) is 10.7 Å². The molecule has 118 valence electrons. The third-order valence-electron chi connectivity index (χ3n) is 3.78. The first-order valence-electron chi connectivity index (χ1n) is 6.73. The molecule has 3 nitrogen and oxygen atoms in total. The van der Waals surface area contributed by atoms with Gasteiger partial charge in [0.15, 0.2) is 5.82 Å². The van der Waals surface area contributed by atoms with Crippen molar-refractivity contribution in [2.24, 2.45) is 7.05 Å². The van der Waals surface area contributed by atoms with Gasteiger partial charge >= 0.3 is 6.18 Å². The van der Waals surface area contributed by atoms with Crippen molar-refractivity contribution in [3.05, 3.63) is 35.0 Å². The largest absolute Gasteiger partial charge is 0.433 e. The van der Waals surface area contributed by atoms with Crippen molar-refractivity contribution in [1.82, 2.24) is 14.5 Å². The Morgan fingerprint density at radius 2 is 2.04 bits per heavy atom. The van der Waals surface area contributed by atoms with Crippen LogP contribution in [-0.2, 0) is 13.2 Å². The van der Waals surface area contributed by atoms with Crippen molar-refractivity contribution in [2.45, 2.75) is 13.1 Å². The van der Waals surface area contributed by atoms with E-state index in [4.69, 9.17) is 0 Å². The summed E-state index contributed by atoms with van der Waals surface area (Å²) in [7, 11) is 1.80. The molecule has 0 spiro atoms. The van der Waals surface area contributed by atoms with Crippen LogP contribution in [0.5, 0.6) is 0 Å². The minimum atomic E-state index is -4.46. The zero-order valence-corrected chi connectivity index (χ0v) is 13.7. The lowest BCUT2D eigenvalue weighted by Crippen LogP contribution is -2.07. The van der Waals surface area contributed by atoms with Crippen LogP contribution in [0.2, 0.25) is 0 Å². The molecule has 0 fully saturated rings. The van der Waals surface area contributed by atoms with E-state index in [2.05, 4.69) is 9.97 Å². The van der Waals surface area contributed by atoms with E-state index in [1.54, 1.807) is 34.3 Å². The number of aryl methyl sites for hydroxylation is 2. The monoisotopic (exact) mass is 353 g/mol. The van der Waals surface area contributed by atoms with Gasteiger partial charge in [-0.2, -0.15) is 13.2 Å². The minimum absolute atomic E-state index is 0.306. The summed E-state index contributed by atoms with van der Waals surface area (Å²) in [5.74, 6) is 0.673. The SMILES string of the molecule is Cc1c(-c2nc3cc(C(F)(F)F)ncc3n2C)sc2ccsc12. The van der Waals surface area contributed by atoms with E-state index in [0.717, 1.165) is 16.5 Å². The molecule has 8 heteroatoms. The molecule has 4 rings (SSSR count). The van der Waals surface area contributed by atoms with Crippen LogP contribution >= 0.6 is 22.7 Å². The highest BCUT2D eigenvalue weighted by atomic mass is 32.1. The third kappa shape index (κ3) is 2.16. The van der Waals surface area contributed by atoms with Crippen LogP contribution in [0.4, 0.5) is 13.2 Å². The lowest BCUT2D eigenvalue weighted by Gasteiger charge is -2.04. The fraction of sp³-hybridized carbons (Fsp3) is 0.200. The van der Waals surface area contributed by atoms with Gasteiger partial charge in [0, 0.05) is 16.4 Å². The lowest BCUT2D eigenvalue weighted by atomic mass is 10.2. The summed E-state index contributed by atoms with van der Waals surface area (Å²) in [5.41, 5.74) is 1.09. The number of hydrogen-bond acceptors (Lipinski definition) is 4. The molecule has 0 bridgehead atoms. The molecule has 0 unspecified atom stereocenters. The molecule has 0 amide bonds. The molecule has 0 N–H and O–H groups in total. The predicted octanol–water partition coefficient (Wildman–Crippen LogP) is 5.24. The summed E-state index contributed by atoms with van der Waals surface area (Å²) in [6.45, 7) is 2.02. The Morgan fingerprint density at radius 3 is 2.74 bits per heavy atom. The van der Waals surface area contributed by atoms with Gasteiger partial charge in [0.2, 0.25) is 0 Å². The molecule has 0 atom stereocenters. The maximum absolute atomic E-state index is 12.8. The van der Waals surface area contributed by atoms with Crippen LogP contribution in [0.15, 0.2) is 23.7 Å². The van der Waals surface area contributed by atoms with Crippen LogP contribution in [0, 0.1) is 6.92 Å². The summed E-state index contributed by atoms with van der Waals surface area (Å²) in [5, 5.41) is 2.03. The maximum atomic E-state index is 12.8. The predicted molar refractivity (Wildman–Crippen MR) is 86.9 cm³/mol. The molecule has 23 heavy (non-hydrogen) atoms. The second-order valence-electron chi connectivity index (χ2n) is 5.22. The smallest absolute Gasteiger partial charge is 0.325 e. The van der Waals surface area contributed by atoms with Gasteiger partial charge in [0.05, 0.1) is 22.1 Å². The van der Waals surface area contributed by atoms with E-state index in [1.807, 2.05) is 18.4 Å². The number of fused-ring (bicyclic) bond motifs is 2. The standard InChI is InChI=1S/C15H10F3N3S2/c1-7-12-10(3-4-22-12)23-13(7)14-20-8-5-11(15(16,17)18)19-6-9(8)21(14)2/h3-6H,1-2H3. The first-order valence-corrected chi connectivity index (χ1v) is 8.42. The molecule has 0 saturated heterocycles. The average molecular weight is 353 g/mol. The molecule has 0 saturated carbocycles. The van der Waals surface area contributed by atoms with E-state index in [9.17, 15) is 13.2 Å². The van der Waals surface area contributed by atoms with Crippen LogP contribution in [0.1, 0.15) is 11.3 Å². The van der Waals surface area contributed by atoms with Crippen LogP contribution < -0.4 is 0 Å². The average Bonchev–Trinajstić information content (AvgIpc) is 3.14. The summed E-state index contributed by atoms with van der Waals surface area (Å²) in [6.07, 6.45) is -3.23. The van der Waals surface area contributed by atoms with Gasteiger partial charge in [-0.25, -0.2) is 9.97 Å². The Hall–Kier alpha value is -1.93. The highest BCUT2D eigenvalue weighted by Gasteiger charge is 2.33. The van der Waals surface area contributed by atoms with E-state index >= 15 is 0 Å². The Kier molecular flexibility index (Phi) is 3.05. The van der Waals surface area contributed by atoms with Crippen molar-refractivity contribution in [2.75, 3.05) is 0 Å². The van der Waals surface area contributed by atoms with Gasteiger partial charge < -0.3 is 4.57 Å². The summed E-state index contributed by atoms with van der Waals surface area (Å²) < 4.78 is 42.6. The van der Waals surface area contributed by atoms with E-state index in [0.29, 0.717) is 16.9 Å². The van der Waals surface area contributed by atoms with Crippen LogP contribution in [0.25, 0.3) is 31.1 Å². The molecule has 0 aliphatic carbocycles. The highest BCUT2D eigenvalue weighted by molar-refractivity contribution is 7.29. The summed E-state index contributed by atoms with van der Waals surface area (Å²) in [6, 6.07) is 3.05. The van der Waals surface area contributed by atoms with Gasteiger partial charge in [-0.05, 0) is 30.0 Å². The number of pyridine rings is 1. The fourth-order valence-electron chi connectivity index (χ4n) is 2.60. The Morgan fingerprint density at radius 1 is 1.26 bits per heavy atom. The van der Waals surface area contributed by atoms with E-state index < -0.39 is 11.9 Å². The van der Waals surface area contributed by atoms with Crippen LogP contribution in [0.3, 0.4) is 0 Å². The molecule has 4 aromatic rings. The quantitative estimate of drug-likeness (QED) is 0.469. The zero-order chi connectivity index (χ0) is 16.4. The number of hydrogen-bond donors (Lipinski definition) is 0. The number of aromatic nitrogens is 3. The van der Waals surface area contributed by atoms with Gasteiger partial charge in [0.1, 0.15) is 5.69 Å². The number of halogens is 3. The maximum Gasteiger partial charge on any atom is 0.433 e. The van der Waals surface area contributed by atoms with Crippen molar-refractivity contribution >= 4 is 43.1 Å². The molecule has 0 radical (unpaired) electrons. The van der Waals surface area contributed by atoms with E-state index in [-0.39, 0.29) is 0 Å². The van der Waals surface area contributed by atoms with Gasteiger partial charge in [0.25, 0.3) is 0 Å². The molecule has 0 aromatic carbocycles. The lowest BCUT2D eigenvalue weighted by molar-refractivity contribution is -0.141. The number of nitrogens with zero attached hydrogens (tertiary/aromatic N) is 3. The van der Waals surface area contributed by atoms with Crippen LogP contribution in [-0.4, -0.2) is 14.5 Å². The van der Waals surface area contributed by atoms with Gasteiger partial charge in [-0.3, -0.25) is 0 Å². The normalized spacial score (nSPS) is 12.6. The topological polar surface area (TPSA) is 30.7 Å². The molecule has 4 heterocycles. The molecule has 4 aromatic heterocycles. The minimum Gasteiger partial charge on any atom is -0.325 e. The van der Waals surface area contributed by atoms with Crippen molar-refractivity contribution in [1.29, 1.82) is 0 Å². The second kappa shape index (κ2) is 4.78. The molecule has 0 aliphatic rings.